The van der Waals surface area contributed by atoms with E-state index in [9.17, 15) is 0 Å². The van der Waals surface area contributed by atoms with Gasteiger partial charge < -0.3 is 9.97 Å². The van der Waals surface area contributed by atoms with E-state index in [0.29, 0.717) is 0 Å². The molecule has 2 aromatic heterocycles. The van der Waals surface area contributed by atoms with E-state index in [1.807, 2.05) is 18.5 Å². The van der Waals surface area contributed by atoms with Gasteiger partial charge in [0.2, 0.25) is 0 Å². The monoisotopic (exact) mass is 883 g/mol. The molecule has 0 atom stereocenters. The number of pyridine rings is 2. The molecule has 0 aliphatic heterocycles. The van der Waals surface area contributed by atoms with Crippen LogP contribution in [0.2, 0.25) is 0 Å². The van der Waals surface area contributed by atoms with Crippen molar-refractivity contribution in [2.24, 2.45) is 0 Å². The smallest absolute Gasteiger partial charge is 0.0166 e. The van der Waals surface area contributed by atoms with Crippen LogP contribution in [0.4, 0.5) is 0 Å². The first kappa shape index (κ1) is 39.0. The van der Waals surface area contributed by atoms with Gasteiger partial charge in [0.25, 0.3) is 0 Å². The first-order chi connectivity index (χ1) is 25.1. The molecule has 1 radical (unpaired) electrons. The zero-order chi connectivity index (χ0) is 37.7. The Morgan fingerprint density at radius 3 is 1.93 bits per heavy atom. The predicted octanol–water partition coefficient (Wildman–Crippen LogP) is 13.4. The number of rotatable bonds is 3. The van der Waals surface area contributed by atoms with Crippen LogP contribution in [0, 0.1) is 26.0 Å². The van der Waals surface area contributed by atoms with Crippen molar-refractivity contribution >= 4 is 10.8 Å². The fraction of sp³-hybridized carbons (Fsp3) is 0.255. The third kappa shape index (κ3) is 7.37. The molecule has 0 unspecified atom stereocenters. The maximum Gasteiger partial charge on any atom is 0.0166 e. The number of benzene rings is 5. The van der Waals surface area contributed by atoms with Crippen molar-refractivity contribution in [3.05, 3.63) is 167 Å². The molecule has 54 heavy (non-hydrogen) atoms. The number of fused-ring (bicyclic) bond motifs is 5. The van der Waals surface area contributed by atoms with Crippen LogP contribution in [0.5, 0.6) is 0 Å². The molecule has 0 saturated carbocycles. The Morgan fingerprint density at radius 1 is 0.574 bits per heavy atom. The van der Waals surface area contributed by atoms with Gasteiger partial charge in [-0.05, 0) is 103 Å². The molecule has 0 spiro atoms. The maximum absolute atomic E-state index is 4.83. The normalized spacial score (nSPS) is 13.0. The molecule has 5 aromatic carbocycles. The average Bonchev–Trinajstić information content (AvgIpc) is 3.38. The van der Waals surface area contributed by atoms with E-state index in [2.05, 4.69) is 189 Å². The molecule has 2 nitrogen and oxygen atoms in total. The summed E-state index contributed by atoms with van der Waals surface area (Å²) in [6.45, 7) is 22.4. The number of aromatic nitrogens is 2. The molecule has 0 amide bonds. The van der Waals surface area contributed by atoms with Gasteiger partial charge in [-0.2, -0.15) is 0 Å². The van der Waals surface area contributed by atoms with Gasteiger partial charge in [-0.1, -0.05) is 128 Å². The maximum atomic E-state index is 4.83. The molecule has 8 rings (SSSR count). The number of hydrogen-bond donors (Lipinski definition) is 0. The third-order valence-electron chi connectivity index (χ3n) is 10.8. The minimum atomic E-state index is -0.144. The Morgan fingerprint density at radius 2 is 1.20 bits per heavy atom. The first-order valence-corrected chi connectivity index (χ1v) is 18.7. The van der Waals surface area contributed by atoms with Crippen LogP contribution in [-0.2, 0) is 36.4 Å². The molecule has 1 aliphatic carbocycles. The Kier molecular flexibility index (Phi) is 10.7. The first-order valence-electron chi connectivity index (χ1n) is 18.7. The van der Waals surface area contributed by atoms with Gasteiger partial charge in [-0.3, -0.25) is 0 Å². The van der Waals surface area contributed by atoms with Gasteiger partial charge in [-0.25, -0.2) is 0 Å². The van der Waals surface area contributed by atoms with Crippen molar-refractivity contribution in [2.45, 2.75) is 85.5 Å². The van der Waals surface area contributed by atoms with Crippen LogP contribution in [-0.4, -0.2) is 9.97 Å². The van der Waals surface area contributed by atoms with Crippen molar-refractivity contribution in [1.82, 2.24) is 9.97 Å². The summed E-state index contributed by atoms with van der Waals surface area (Å²) in [5, 5.41) is 2.62. The van der Waals surface area contributed by atoms with E-state index >= 15 is 0 Å². The summed E-state index contributed by atoms with van der Waals surface area (Å²) >= 11 is 0. The second kappa shape index (κ2) is 14.9. The van der Waals surface area contributed by atoms with Gasteiger partial charge in [0, 0.05) is 32.5 Å². The summed E-state index contributed by atoms with van der Waals surface area (Å²) in [5.74, 6) is 0. The minimum absolute atomic E-state index is 0. The van der Waals surface area contributed by atoms with Crippen LogP contribution in [0.3, 0.4) is 0 Å². The molecule has 1 aliphatic rings. The number of aryl methyl sites for hydroxylation is 2. The third-order valence-corrected chi connectivity index (χ3v) is 10.8. The van der Waals surface area contributed by atoms with Gasteiger partial charge in [-0.15, -0.1) is 64.7 Å². The quantitative estimate of drug-likeness (QED) is 0.165. The largest absolute Gasteiger partial charge is 0.305 e. The summed E-state index contributed by atoms with van der Waals surface area (Å²) in [7, 11) is 0. The van der Waals surface area contributed by atoms with Crippen LogP contribution in [0.1, 0.15) is 88.8 Å². The zero-order valence-corrected chi connectivity index (χ0v) is 35.7. The van der Waals surface area contributed by atoms with Gasteiger partial charge >= 0.3 is 0 Å². The summed E-state index contributed by atoms with van der Waals surface area (Å²) in [4.78, 5) is 9.35. The fourth-order valence-electron chi connectivity index (χ4n) is 7.99. The molecule has 2 heterocycles. The summed E-state index contributed by atoms with van der Waals surface area (Å²) in [6.07, 6.45) is 3.84. The molecular formula is C51H50IrN2-2. The summed E-state index contributed by atoms with van der Waals surface area (Å²) < 4.78 is 0. The van der Waals surface area contributed by atoms with Crippen molar-refractivity contribution in [3.8, 4) is 44.8 Å². The molecule has 7 aromatic rings. The fourth-order valence-corrected chi connectivity index (χ4v) is 7.99. The van der Waals surface area contributed by atoms with Gasteiger partial charge in [0.15, 0.2) is 0 Å². The van der Waals surface area contributed by atoms with E-state index < -0.39 is 0 Å². The Balaban J connectivity index is 0.000000205. The molecular weight excluding hydrogens is 833 g/mol. The van der Waals surface area contributed by atoms with Crippen molar-refractivity contribution in [2.75, 3.05) is 0 Å². The number of nitrogens with zero attached hydrogens (tertiary/aromatic N) is 2. The zero-order valence-electron chi connectivity index (χ0n) is 33.3. The van der Waals surface area contributed by atoms with Crippen molar-refractivity contribution < 1.29 is 20.1 Å². The molecule has 0 bridgehead atoms. The van der Waals surface area contributed by atoms with E-state index in [-0.39, 0.29) is 36.4 Å². The van der Waals surface area contributed by atoms with E-state index in [4.69, 9.17) is 4.98 Å². The van der Waals surface area contributed by atoms with Crippen LogP contribution < -0.4 is 0 Å². The Labute approximate surface area is 336 Å². The second-order valence-electron chi connectivity index (χ2n) is 17.1. The van der Waals surface area contributed by atoms with E-state index in [0.717, 1.165) is 22.5 Å². The SMILES string of the molecule is CC(C)(C)c1cc[c-]c(-c2cc(C(C)(C)C)ccn2)c1.Cc1cccc(C)c1-c1ccnc(-c2[c-]ccc3c2C(C)(C)c2c-3ccc3ccccc23)c1.[Ir]. The molecule has 3 heteroatoms. The Bertz CT molecular complexity index is 2400. The summed E-state index contributed by atoms with van der Waals surface area (Å²) in [6, 6.07) is 45.9. The molecule has 0 saturated heterocycles. The standard InChI is InChI=1S/C32H26N.C19H24N.Ir/c1-20-9-7-10-21(2)29(20)23-17-18-33-28(19-23)27-14-8-13-25-26-16-15-22-11-5-6-12-24(22)30(26)32(3,4)31(25)27;1-18(2,3)15-9-7-8-14(12-15)17-13-16(10-11-20-17)19(4,5)6;/h5-13,15-19H,1-4H3;7,9-13H,1-6H3;/q2*-1;. The van der Waals surface area contributed by atoms with Crippen LogP contribution >= 0.6 is 0 Å². The van der Waals surface area contributed by atoms with E-state index in [1.165, 1.54) is 66.4 Å². The second-order valence-corrected chi connectivity index (χ2v) is 17.1. The number of hydrogen-bond acceptors (Lipinski definition) is 2. The topological polar surface area (TPSA) is 25.8 Å². The van der Waals surface area contributed by atoms with Gasteiger partial charge in [0.1, 0.15) is 0 Å². The van der Waals surface area contributed by atoms with E-state index in [1.54, 1.807) is 0 Å². The molecule has 0 N–H and O–H groups in total. The minimum Gasteiger partial charge on any atom is -0.305 e. The van der Waals surface area contributed by atoms with Crippen molar-refractivity contribution in [3.63, 3.8) is 0 Å². The van der Waals surface area contributed by atoms with Crippen LogP contribution in [0.25, 0.3) is 55.5 Å². The average molecular weight is 883 g/mol. The molecule has 275 valence electrons. The molecule has 0 fully saturated rings. The van der Waals surface area contributed by atoms with Crippen LogP contribution in [0.15, 0.2) is 122 Å². The summed E-state index contributed by atoms with van der Waals surface area (Å²) in [5.41, 5.74) is 17.3. The predicted molar refractivity (Wildman–Crippen MR) is 224 cm³/mol. The Hall–Kier alpha value is -4.69. The van der Waals surface area contributed by atoms with Gasteiger partial charge in [0.05, 0.1) is 0 Å². The van der Waals surface area contributed by atoms with Crippen molar-refractivity contribution in [1.29, 1.82) is 0 Å².